The Morgan fingerprint density at radius 2 is 1.46 bits per heavy atom. The molecule has 1 aromatic rings. The number of hydrogen-bond donors (Lipinski definition) is 6. The summed E-state index contributed by atoms with van der Waals surface area (Å²) in [6.45, 7) is -0.435. The first-order valence-corrected chi connectivity index (χ1v) is 9.01. The maximum absolute atomic E-state index is 10.1. The van der Waals surface area contributed by atoms with Crippen molar-refractivity contribution in [2.75, 3.05) is 13.2 Å². The standard InChI is InChI=1S/C18H26O10/c19-10-7-26-17(15(23)12(10)20)27-8-11-13(21)14(22)16(24)18(28-11)25-6-9-4-2-1-3-5-9/h1-5,10-24H,6-8H2/t10-,11+,12-,13-,14-,15-,16+,17+,18+/m1/s1. The van der Waals surface area contributed by atoms with E-state index >= 15 is 0 Å². The topological polar surface area (TPSA) is 158 Å². The van der Waals surface area contributed by atoms with Gasteiger partial charge in [-0.1, -0.05) is 30.3 Å². The van der Waals surface area contributed by atoms with Crippen molar-refractivity contribution in [1.82, 2.24) is 0 Å². The predicted molar refractivity (Wildman–Crippen MR) is 91.6 cm³/mol. The minimum Gasteiger partial charge on any atom is -0.388 e. The van der Waals surface area contributed by atoms with Gasteiger partial charge in [0.1, 0.15) is 42.7 Å². The number of rotatable bonds is 6. The van der Waals surface area contributed by atoms with E-state index in [4.69, 9.17) is 18.9 Å². The maximum Gasteiger partial charge on any atom is 0.187 e. The first-order chi connectivity index (χ1) is 13.4. The first-order valence-electron chi connectivity index (χ1n) is 9.01. The van der Waals surface area contributed by atoms with E-state index in [-0.39, 0.29) is 19.8 Å². The van der Waals surface area contributed by atoms with Crippen LogP contribution >= 0.6 is 0 Å². The van der Waals surface area contributed by atoms with Crippen LogP contribution < -0.4 is 0 Å². The van der Waals surface area contributed by atoms with Crippen LogP contribution in [-0.2, 0) is 25.6 Å². The lowest BCUT2D eigenvalue weighted by molar-refractivity contribution is -0.322. The van der Waals surface area contributed by atoms with E-state index in [0.29, 0.717) is 0 Å². The number of benzene rings is 1. The van der Waals surface area contributed by atoms with Gasteiger partial charge in [-0.3, -0.25) is 0 Å². The van der Waals surface area contributed by atoms with Gasteiger partial charge >= 0.3 is 0 Å². The fourth-order valence-corrected chi connectivity index (χ4v) is 3.06. The number of hydrogen-bond acceptors (Lipinski definition) is 10. The molecule has 6 N–H and O–H groups in total. The number of aliphatic hydroxyl groups excluding tert-OH is 6. The Bertz CT molecular complexity index is 601. The molecule has 0 unspecified atom stereocenters. The Morgan fingerprint density at radius 3 is 2.18 bits per heavy atom. The van der Waals surface area contributed by atoms with Crippen LogP contribution in [0.3, 0.4) is 0 Å². The molecule has 0 saturated carbocycles. The average molecular weight is 402 g/mol. The third-order valence-electron chi connectivity index (χ3n) is 4.80. The molecule has 1 aromatic carbocycles. The predicted octanol–water partition coefficient (Wildman–Crippen LogP) is -2.53. The molecule has 0 amide bonds. The molecule has 0 spiro atoms. The summed E-state index contributed by atoms with van der Waals surface area (Å²) in [4.78, 5) is 0. The van der Waals surface area contributed by atoms with Crippen molar-refractivity contribution in [3.8, 4) is 0 Å². The van der Waals surface area contributed by atoms with Crippen LogP contribution in [0.4, 0.5) is 0 Å². The van der Waals surface area contributed by atoms with E-state index in [9.17, 15) is 30.6 Å². The fourth-order valence-electron chi connectivity index (χ4n) is 3.06. The minimum atomic E-state index is -1.53. The Kier molecular flexibility index (Phi) is 7.34. The highest BCUT2D eigenvalue weighted by atomic mass is 16.7. The number of ether oxygens (including phenoxy) is 4. The van der Waals surface area contributed by atoms with Crippen molar-refractivity contribution < 1.29 is 49.6 Å². The van der Waals surface area contributed by atoms with E-state index in [1.807, 2.05) is 30.3 Å². The van der Waals surface area contributed by atoms with Gasteiger partial charge in [-0.05, 0) is 5.56 Å². The van der Waals surface area contributed by atoms with Crippen molar-refractivity contribution in [3.05, 3.63) is 35.9 Å². The van der Waals surface area contributed by atoms with Gasteiger partial charge in [0.05, 0.1) is 19.8 Å². The molecule has 10 heteroatoms. The van der Waals surface area contributed by atoms with Gasteiger partial charge in [-0.25, -0.2) is 0 Å². The monoisotopic (exact) mass is 402 g/mol. The van der Waals surface area contributed by atoms with E-state index in [1.165, 1.54) is 0 Å². The summed E-state index contributed by atoms with van der Waals surface area (Å²) in [7, 11) is 0. The minimum absolute atomic E-state index is 0.119. The van der Waals surface area contributed by atoms with Gasteiger partial charge < -0.3 is 49.6 Å². The molecule has 0 radical (unpaired) electrons. The zero-order chi connectivity index (χ0) is 20.3. The molecule has 2 heterocycles. The molecule has 2 aliphatic heterocycles. The lowest BCUT2D eigenvalue weighted by Crippen LogP contribution is -2.60. The molecule has 158 valence electrons. The van der Waals surface area contributed by atoms with Gasteiger partial charge in [0.2, 0.25) is 0 Å². The van der Waals surface area contributed by atoms with Crippen LogP contribution in [0.25, 0.3) is 0 Å². The molecule has 2 fully saturated rings. The van der Waals surface area contributed by atoms with Crippen molar-refractivity contribution in [1.29, 1.82) is 0 Å². The summed E-state index contributed by atoms with van der Waals surface area (Å²) < 4.78 is 21.5. The average Bonchev–Trinajstić information content (AvgIpc) is 2.71. The molecule has 9 atom stereocenters. The Labute approximate surface area is 161 Å². The largest absolute Gasteiger partial charge is 0.388 e. The zero-order valence-corrected chi connectivity index (χ0v) is 15.0. The van der Waals surface area contributed by atoms with E-state index < -0.39 is 55.3 Å². The zero-order valence-electron chi connectivity index (χ0n) is 15.0. The molecule has 0 aromatic heterocycles. The SMILES string of the molecule is O[C@H]1[C@H](O)[C@@H](OCc2ccccc2)O[C@@H](CO[C@@H]2OC[C@@H](O)[C@@H](O)[C@H]2O)[C@H]1O. The fraction of sp³-hybridized carbons (Fsp3) is 0.667. The van der Waals surface area contributed by atoms with Gasteiger partial charge in [0, 0.05) is 0 Å². The molecule has 0 bridgehead atoms. The molecule has 3 rings (SSSR count). The van der Waals surface area contributed by atoms with Crippen LogP contribution in [0.2, 0.25) is 0 Å². The smallest absolute Gasteiger partial charge is 0.187 e. The van der Waals surface area contributed by atoms with Gasteiger partial charge in [0.15, 0.2) is 12.6 Å². The Morgan fingerprint density at radius 1 is 0.786 bits per heavy atom. The lowest BCUT2D eigenvalue weighted by Gasteiger charge is -2.41. The number of aliphatic hydroxyl groups is 6. The molecule has 10 nitrogen and oxygen atoms in total. The van der Waals surface area contributed by atoms with Crippen LogP contribution in [0.15, 0.2) is 30.3 Å². The van der Waals surface area contributed by atoms with Gasteiger partial charge in [0.25, 0.3) is 0 Å². The summed E-state index contributed by atoms with van der Waals surface area (Å²) >= 11 is 0. The summed E-state index contributed by atoms with van der Waals surface area (Å²) in [5, 5.41) is 59.3. The molecular weight excluding hydrogens is 376 g/mol. The van der Waals surface area contributed by atoms with Crippen LogP contribution in [0.5, 0.6) is 0 Å². The highest BCUT2D eigenvalue weighted by Crippen LogP contribution is 2.25. The van der Waals surface area contributed by atoms with Crippen LogP contribution in [0, 0.1) is 0 Å². The highest BCUT2D eigenvalue weighted by molar-refractivity contribution is 5.13. The van der Waals surface area contributed by atoms with E-state index in [1.54, 1.807) is 0 Å². The van der Waals surface area contributed by atoms with Crippen molar-refractivity contribution in [2.24, 2.45) is 0 Å². The second-order valence-corrected chi connectivity index (χ2v) is 6.89. The Hall–Kier alpha value is -1.18. The van der Waals surface area contributed by atoms with Crippen molar-refractivity contribution in [3.63, 3.8) is 0 Å². The van der Waals surface area contributed by atoms with Gasteiger partial charge in [-0.2, -0.15) is 0 Å². The second kappa shape index (κ2) is 9.55. The summed E-state index contributed by atoms with van der Waals surface area (Å²) in [6, 6.07) is 9.14. The van der Waals surface area contributed by atoms with E-state index in [0.717, 1.165) is 5.56 Å². The molecule has 28 heavy (non-hydrogen) atoms. The van der Waals surface area contributed by atoms with Crippen molar-refractivity contribution in [2.45, 2.75) is 61.9 Å². The lowest BCUT2D eigenvalue weighted by atomic mass is 9.99. The first kappa shape index (κ1) is 21.5. The third-order valence-corrected chi connectivity index (χ3v) is 4.80. The van der Waals surface area contributed by atoms with Crippen LogP contribution in [0.1, 0.15) is 5.56 Å². The summed E-state index contributed by atoms with van der Waals surface area (Å²) in [5.41, 5.74) is 0.831. The van der Waals surface area contributed by atoms with E-state index in [2.05, 4.69) is 0 Å². The summed E-state index contributed by atoms with van der Waals surface area (Å²) in [5.74, 6) is 0. The summed E-state index contributed by atoms with van der Waals surface area (Å²) in [6.07, 6.45) is -12.2. The van der Waals surface area contributed by atoms with Crippen molar-refractivity contribution >= 4 is 0 Å². The normalized spacial score (nSPS) is 41.7. The molecular formula is C18H26O10. The Balaban J connectivity index is 1.56. The quantitative estimate of drug-likeness (QED) is 0.300. The molecule has 0 aliphatic carbocycles. The highest BCUT2D eigenvalue weighted by Gasteiger charge is 2.45. The van der Waals surface area contributed by atoms with Crippen LogP contribution in [-0.4, -0.2) is 99.2 Å². The second-order valence-electron chi connectivity index (χ2n) is 6.89. The molecule has 2 saturated heterocycles. The van der Waals surface area contributed by atoms with Gasteiger partial charge in [-0.15, -0.1) is 0 Å². The third kappa shape index (κ3) is 4.86. The molecule has 2 aliphatic rings. The maximum atomic E-state index is 10.1.